The number of carbonyl (C=O) groups is 3. The Morgan fingerprint density at radius 3 is 2.56 bits per heavy atom. The zero-order chi connectivity index (χ0) is 19.4. The minimum atomic E-state index is -0.851. The van der Waals surface area contributed by atoms with Crippen LogP contribution in [0.3, 0.4) is 0 Å². The SMILES string of the molecule is Cc1nc(-c2cccc(NC(=O)C(=O)NCC(=O)N3CCCC3)c2)oc1C. The van der Waals surface area contributed by atoms with E-state index in [0.29, 0.717) is 30.2 Å². The maximum Gasteiger partial charge on any atom is 0.313 e. The third-order valence-corrected chi connectivity index (χ3v) is 4.46. The number of benzene rings is 1. The molecule has 1 saturated heterocycles. The molecule has 0 spiro atoms. The smallest absolute Gasteiger partial charge is 0.313 e. The molecule has 8 nitrogen and oxygen atoms in total. The quantitative estimate of drug-likeness (QED) is 0.796. The Hall–Kier alpha value is -3.16. The molecule has 0 aliphatic carbocycles. The van der Waals surface area contributed by atoms with Crippen molar-refractivity contribution in [1.29, 1.82) is 0 Å². The molecule has 3 amide bonds. The highest BCUT2D eigenvalue weighted by Crippen LogP contribution is 2.24. The summed E-state index contributed by atoms with van der Waals surface area (Å²) in [7, 11) is 0. The van der Waals surface area contributed by atoms with Crippen LogP contribution < -0.4 is 10.6 Å². The number of aryl methyl sites for hydroxylation is 2. The zero-order valence-corrected chi connectivity index (χ0v) is 15.4. The number of nitrogens with one attached hydrogen (secondary N) is 2. The number of nitrogens with zero attached hydrogens (tertiary/aromatic N) is 2. The molecule has 1 fully saturated rings. The third-order valence-electron chi connectivity index (χ3n) is 4.46. The second-order valence-corrected chi connectivity index (χ2v) is 6.47. The summed E-state index contributed by atoms with van der Waals surface area (Å²) in [6, 6.07) is 6.86. The minimum absolute atomic E-state index is 0.176. The zero-order valence-electron chi connectivity index (χ0n) is 15.4. The number of amides is 3. The molecule has 0 saturated carbocycles. The fourth-order valence-electron chi connectivity index (χ4n) is 2.83. The van der Waals surface area contributed by atoms with Gasteiger partial charge in [-0.1, -0.05) is 6.07 Å². The fraction of sp³-hybridized carbons (Fsp3) is 0.368. The van der Waals surface area contributed by atoms with Crippen LogP contribution in [0.2, 0.25) is 0 Å². The molecule has 1 aliphatic rings. The van der Waals surface area contributed by atoms with Gasteiger partial charge in [0.25, 0.3) is 0 Å². The predicted molar refractivity (Wildman–Crippen MR) is 98.9 cm³/mol. The van der Waals surface area contributed by atoms with Crippen molar-refractivity contribution in [3.05, 3.63) is 35.7 Å². The van der Waals surface area contributed by atoms with Crippen LogP contribution in [0.15, 0.2) is 28.7 Å². The van der Waals surface area contributed by atoms with E-state index in [1.165, 1.54) is 0 Å². The van der Waals surface area contributed by atoms with Gasteiger partial charge in [-0.3, -0.25) is 14.4 Å². The first-order valence-electron chi connectivity index (χ1n) is 8.85. The van der Waals surface area contributed by atoms with Crippen LogP contribution in [0.1, 0.15) is 24.3 Å². The lowest BCUT2D eigenvalue weighted by molar-refractivity contribution is -0.138. The van der Waals surface area contributed by atoms with E-state index < -0.39 is 11.8 Å². The molecule has 8 heteroatoms. The summed E-state index contributed by atoms with van der Waals surface area (Å²) in [5.74, 6) is -0.689. The van der Waals surface area contributed by atoms with E-state index in [0.717, 1.165) is 24.3 Å². The van der Waals surface area contributed by atoms with Crippen molar-refractivity contribution in [3.63, 3.8) is 0 Å². The van der Waals surface area contributed by atoms with E-state index in [9.17, 15) is 14.4 Å². The monoisotopic (exact) mass is 370 g/mol. The van der Waals surface area contributed by atoms with Gasteiger partial charge in [-0.15, -0.1) is 0 Å². The lowest BCUT2D eigenvalue weighted by Gasteiger charge is -2.15. The molecule has 0 atom stereocenters. The standard InChI is InChI=1S/C19H22N4O4/c1-12-13(2)27-19(21-12)14-6-5-7-15(10-14)22-18(26)17(25)20-11-16(24)23-8-3-4-9-23/h5-7,10H,3-4,8-9,11H2,1-2H3,(H,20,25)(H,22,26). The number of rotatable bonds is 4. The van der Waals surface area contributed by atoms with Crippen LogP contribution in [0.5, 0.6) is 0 Å². The maximum atomic E-state index is 12.1. The van der Waals surface area contributed by atoms with E-state index in [-0.39, 0.29) is 12.5 Å². The molecule has 0 bridgehead atoms. The van der Waals surface area contributed by atoms with Gasteiger partial charge in [0.15, 0.2) is 0 Å². The summed E-state index contributed by atoms with van der Waals surface area (Å²) in [4.78, 5) is 41.9. The lowest BCUT2D eigenvalue weighted by atomic mass is 10.2. The van der Waals surface area contributed by atoms with Gasteiger partial charge < -0.3 is 20.0 Å². The molecule has 1 aromatic heterocycles. The molecule has 142 valence electrons. The van der Waals surface area contributed by atoms with Crippen molar-refractivity contribution >= 4 is 23.4 Å². The molecular weight excluding hydrogens is 348 g/mol. The highest BCUT2D eigenvalue weighted by molar-refractivity contribution is 6.39. The molecule has 2 N–H and O–H groups in total. The first-order valence-corrected chi connectivity index (χ1v) is 8.85. The van der Waals surface area contributed by atoms with E-state index in [2.05, 4.69) is 15.6 Å². The minimum Gasteiger partial charge on any atom is -0.441 e. The van der Waals surface area contributed by atoms with Crippen LogP contribution in [0.25, 0.3) is 11.5 Å². The maximum absolute atomic E-state index is 12.1. The average molecular weight is 370 g/mol. The number of oxazole rings is 1. The number of hydrogen-bond donors (Lipinski definition) is 2. The highest BCUT2D eigenvalue weighted by Gasteiger charge is 2.20. The number of anilines is 1. The summed E-state index contributed by atoms with van der Waals surface area (Å²) >= 11 is 0. The largest absolute Gasteiger partial charge is 0.441 e. The number of aromatic nitrogens is 1. The first-order chi connectivity index (χ1) is 12.9. The fourth-order valence-corrected chi connectivity index (χ4v) is 2.83. The summed E-state index contributed by atoms with van der Waals surface area (Å²) < 4.78 is 5.58. The normalized spacial score (nSPS) is 13.5. The Bertz CT molecular complexity index is 849. The van der Waals surface area contributed by atoms with Crippen LogP contribution in [-0.2, 0) is 14.4 Å². The van der Waals surface area contributed by atoms with Crippen molar-refractivity contribution in [2.45, 2.75) is 26.7 Å². The van der Waals surface area contributed by atoms with Crippen molar-refractivity contribution < 1.29 is 18.8 Å². The van der Waals surface area contributed by atoms with E-state index in [4.69, 9.17) is 4.42 Å². The number of hydrogen-bond acceptors (Lipinski definition) is 5. The summed E-state index contributed by atoms with van der Waals surface area (Å²) in [5.41, 5.74) is 1.92. The third kappa shape index (κ3) is 4.52. The van der Waals surface area contributed by atoms with Gasteiger partial charge in [0.1, 0.15) is 5.76 Å². The molecule has 2 aromatic rings. The van der Waals surface area contributed by atoms with Crippen LogP contribution in [0.4, 0.5) is 5.69 Å². The Morgan fingerprint density at radius 1 is 1.15 bits per heavy atom. The van der Waals surface area contributed by atoms with Gasteiger partial charge >= 0.3 is 11.8 Å². The van der Waals surface area contributed by atoms with Crippen molar-refractivity contribution in [2.24, 2.45) is 0 Å². The molecule has 3 rings (SSSR count). The van der Waals surface area contributed by atoms with Crippen LogP contribution in [-0.4, -0.2) is 47.2 Å². The van der Waals surface area contributed by atoms with Gasteiger partial charge in [-0.25, -0.2) is 4.98 Å². The van der Waals surface area contributed by atoms with Crippen molar-refractivity contribution in [1.82, 2.24) is 15.2 Å². The molecule has 1 aromatic carbocycles. The average Bonchev–Trinajstić information content (AvgIpc) is 3.30. The second-order valence-electron chi connectivity index (χ2n) is 6.47. The summed E-state index contributed by atoms with van der Waals surface area (Å²) in [6.45, 7) is 4.90. The number of carbonyl (C=O) groups excluding carboxylic acids is 3. The van der Waals surface area contributed by atoms with Crippen molar-refractivity contribution in [2.75, 3.05) is 25.0 Å². The molecule has 1 aliphatic heterocycles. The van der Waals surface area contributed by atoms with Crippen molar-refractivity contribution in [3.8, 4) is 11.5 Å². The molecule has 2 heterocycles. The lowest BCUT2D eigenvalue weighted by Crippen LogP contribution is -2.42. The van der Waals surface area contributed by atoms with E-state index >= 15 is 0 Å². The molecule has 0 unspecified atom stereocenters. The predicted octanol–water partition coefficient (Wildman–Crippen LogP) is 1.64. The molecular formula is C19H22N4O4. The van der Waals surface area contributed by atoms with E-state index in [1.54, 1.807) is 29.2 Å². The van der Waals surface area contributed by atoms with Gasteiger partial charge in [0, 0.05) is 24.3 Å². The Morgan fingerprint density at radius 2 is 1.89 bits per heavy atom. The van der Waals surface area contributed by atoms with Gasteiger partial charge in [-0.05, 0) is 44.9 Å². The topological polar surface area (TPSA) is 105 Å². The van der Waals surface area contributed by atoms with Gasteiger partial charge in [0.05, 0.1) is 12.2 Å². The van der Waals surface area contributed by atoms with Crippen LogP contribution in [0, 0.1) is 13.8 Å². The Kier molecular flexibility index (Phi) is 5.54. The van der Waals surface area contributed by atoms with Gasteiger partial charge in [-0.2, -0.15) is 0 Å². The van der Waals surface area contributed by atoms with Gasteiger partial charge in [0.2, 0.25) is 11.8 Å². The molecule has 27 heavy (non-hydrogen) atoms. The van der Waals surface area contributed by atoms with E-state index in [1.807, 2.05) is 13.8 Å². The highest BCUT2D eigenvalue weighted by atomic mass is 16.4. The molecule has 0 radical (unpaired) electrons. The summed E-state index contributed by atoms with van der Waals surface area (Å²) in [6.07, 6.45) is 1.94. The summed E-state index contributed by atoms with van der Waals surface area (Å²) in [5, 5.41) is 4.88. The number of likely N-dealkylation sites (tertiary alicyclic amines) is 1. The Labute approximate surface area is 156 Å². The second kappa shape index (κ2) is 8.03. The Balaban J connectivity index is 1.57. The first kappa shape index (κ1) is 18.6. The van der Waals surface area contributed by atoms with Crippen LogP contribution >= 0.6 is 0 Å².